The molecular weight excluding hydrogens is 407 g/mol. The van der Waals surface area contributed by atoms with E-state index in [-0.39, 0.29) is 24.9 Å². The number of aliphatic hydroxyl groups excluding tert-OH is 2. The van der Waals surface area contributed by atoms with E-state index >= 15 is 0 Å². The van der Waals surface area contributed by atoms with Crippen molar-refractivity contribution in [3.8, 4) is 0 Å². The zero-order valence-corrected chi connectivity index (χ0v) is 16.0. The summed E-state index contributed by atoms with van der Waals surface area (Å²) in [7, 11) is 0. The molecule has 11 heteroatoms. The monoisotopic (exact) mass is 429 g/mol. The smallest absolute Gasteiger partial charge is 0.433 e. The third-order valence-corrected chi connectivity index (χ3v) is 4.74. The highest BCUT2D eigenvalue weighted by Gasteiger charge is 2.60. The zero-order valence-electron chi connectivity index (χ0n) is 16.0. The van der Waals surface area contributed by atoms with Gasteiger partial charge in [-0.15, -0.1) is 0 Å². The number of alkyl halides is 3. The maximum atomic E-state index is 12.9. The summed E-state index contributed by atoms with van der Waals surface area (Å²) in [4.78, 5) is 7.51. The molecule has 0 spiro atoms. The first-order valence-corrected chi connectivity index (χ1v) is 9.11. The third kappa shape index (κ3) is 4.48. The van der Waals surface area contributed by atoms with Crippen LogP contribution in [0, 0.1) is 0 Å². The topological polar surface area (TPSA) is 105 Å². The van der Waals surface area contributed by atoms with Gasteiger partial charge in [-0.3, -0.25) is 0 Å². The van der Waals surface area contributed by atoms with Crippen molar-refractivity contribution in [3.05, 3.63) is 48.5 Å². The molecule has 0 aromatic carbocycles. The van der Waals surface area contributed by atoms with Crippen LogP contribution in [-0.4, -0.2) is 64.8 Å². The third-order valence-electron chi connectivity index (χ3n) is 4.74. The molecule has 2 fully saturated rings. The Kier molecular flexibility index (Phi) is 6.46. The van der Waals surface area contributed by atoms with E-state index in [1.54, 1.807) is 13.0 Å². The number of ether oxygens (including phenoxy) is 3. The SMILES string of the molecule is C=C/C=N\C(=C/C)OC[C@@]12CO[C@@H](O1)[C@H](Nc1cccc(C(F)(F)F)n1)[C@@H](O)[C@H]2O. The number of aliphatic imine (C=N–C) groups is 1. The predicted molar refractivity (Wildman–Crippen MR) is 101 cm³/mol. The number of nitrogens with zero attached hydrogens (tertiary/aromatic N) is 2. The van der Waals surface area contributed by atoms with Crippen LogP contribution in [0.4, 0.5) is 19.0 Å². The van der Waals surface area contributed by atoms with E-state index in [1.165, 1.54) is 24.4 Å². The number of rotatable bonds is 7. The molecular formula is C19H22F3N3O5. The second kappa shape index (κ2) is 8.72. The Bertz CT molecular complexity index is 832. The van der Waals surface area contributed by atoms with Gasteiger partial charge in [0.1, 0.15) is 36.4 Å². The predicted octanol–water partition coefficient (Wildman–Crippen LogP) is 1.86. The van der Waals surface area contributed by atoms with Gasteiger partial charge in [0, 0.05) is 6.21 Å². The number of allylic oxidation sites excluding steroid dienone is 2. The van der Waals surface area contributed by atoms with Gasteiger partial charge in [0.05, 0.1) is 6.61 Å². The van der Waals surface area contributed by atoms with Crippen LogP contribution in [-0.2, 0) is 20.4 Å². The Hall–Kier alpha value is -2.47. The zero-order chi connectivity index (χ0) is 21.9. The van der Waals surface area contributed by atoms with Gasteiger partial charge in [0.15, 0.2) is 11.9 Å². The average molecular weight is 429 g/mol. The fraction of sp³-hybridized carbons (Fsp3) is 0.474. The summed E-state index contributed by atoms with van der Waals surface area (Å²) in [6, 6.07) is 2.27. The molecule has 5 atom stereocenters. The first-order chi connectivity index (χ1) is 14.2. The minimum atomic E-state index is -4.62. The average Bonchev–Trinajstić information content (AvgIpc) is 3.12. The number of hydrogen-bond acceptors (Lipinski definition) is 8. The highest BCUT2D eigenvalue weighted by Crippen LogP contribution is 2.39. The minimum Gasteiger partial charge on any atom is -0.475 e. The number of anilines is 1. The van der Waals surface area contributed by atoms with E-state index in [0.29, 0.717) is 0 Å². The lowest BCUT2D eigenvalue weighted by Gasteiger charge is -2.42. The number of nitrogens with one attached hydrogen (secondary N) is 1. The summed E-state index contributed by atoms with van der Waals surface area (Å²) in [6.45, 7) is 4.96. The van der Waals surface area contributed by atoms with Gasteiger partial charge in [-0.25, -0.2) is 9.98 Å². The van der Waals surface area contributed by atoms with Crippen molar-refractivity contribution in [1.29, 1.82) is 0 Å². The molecule has 1 aromatic heterocycles. The lowest BCUT2D eigenvalue weighted by molar-refractivity contribution is -0.226. The molecule has 2 aliphatic heterocycles. The number of fused-ring (bicyclic) bond motifs is 2. The van der Waals surface area contributed by atoms with Gasteiger partial charge in [-0.05, 0) is 25.1 Å². The fourth-order valence-corrected chi connectivity index (χ4v) is 3.20. The maximum Gasteiger partial charge on any atom is 0.433 e. The van der Waals surface area contributed by atoms with Crippen molar-refractivity contribution in [1.82, 2.24) is 4.98 Å². The van der Waals surface area contributed by atoms with Crippen LogP contribution in [0.15, 0.2) is 47.8 Å². The van der Waals surface area contributed by atoms with Gasteiger partial charge >= 0.3 is 6.18 Å². The molecule has 0 radical (unpaired) electrons. The summed E-state index contributed by atoms with van der Waals surface area (Å²) < 4.78 is 55.5. The molecule has 3 rings (SSSR count). The van der Waals surface area contributed by atoms with Gasteiger partial charge in [0.2, 0.25) is 5.88 Å². The molecule has 2 aliphatic rings. The summed E-state index contributed by atoms with van der Waals surface area (Å²) >= 11 is 0. The largest absolute Gasteiger partial charge is 0.475 e. The van der Waals surface area contributed by atoms with Crippen molar-refractivity contribution >= 4 is 12.0 Å². The van der Waals surface area contributed by atoms with Crippen LogP contribution in [0.1, 0.15) is 12.6 Å². The van der Waals surface area contributed by atoms with Gasteiger partial charge in [0.25, 0.3) is 0 Å². The molecule has 1 aromatic rings. The second-order valence-electron chi connectivity index (χ2n) is 6.80. The first kappa shape index (κ1) is 22.2. The molecule has 8 nitrogen and oxygen atoms in total. The maximum absolute atomic E-state index is 12.9. The number of aliphatic hydroxyl groups is 2. The van der Waals surface area contributed by atoms with Crippen LogP contribution in [0.2, 0.25) is 0 Å². The Morgan fingerprint density at radius 1 is 1.47 bits per heavy atom. The minimum absolute atomic E-state index is 0.0910. The molecule has 3 heterocycles. The molecule has 0 aliphatic carbocycles. The van der Waals surface area contributed by atoms with E-state index in [4.69, 9.17) is 14.2 Å². The van der Waals surface area contributed by atoms with Crippen molar-refractivity contribution in [2.45, 2.75) is 43.2 Å². The Morgan fingerprint density at radius 2 is 2.23 bits per heavy atom. The van der Waals surface area contributed by atoms with E-state index in [0.717, 1.165) is 6.07 Å². The number of hydrogen-bond donors (Lipinski definition) is 3. The Morgan fingerprint density at radius 3 is 2.90 bits per heavy atom. The van der Waals surface area contributed by atoms with Crippen LogP contribution in [0.3, 0.4) is 0 Å². The molecule has 0 amide bonds. The van der Waals surface area contributed by atoms with E-state index in [9.17, 15) is 23.4 Å². The highest BCUT2D eigenvalue weighted by atomic mass is 19.4. The van der Waals surface area contributed by atoms with Crippen molar-refractivity contribution in [2.75, 3.05) is 18.5 Å². The van der Waals surface area contributed by atoms with Crippen LogP contribution < -0.4 is 5.32 Å². The quantitative estimate of drug-likeness (QED) is 0.449. The van der Waals surface area contributed by atoms with Crippen molar-refractivity contribution in [2.24, 2.45) is 4.99 Å². The first-order valence-electron chi connectivity index (χ1n) is 9.11. The number of pyridine rings is 1. The van der Waals surface area contributed by atoms with Crippen molar-refractivity contribution in [3.63, 3.8) is 0 Å². The van der Waals surface area contributed by atoms with Crippen molar-refractivity contribution < 1.29 is 37.6 Å². The van der Waals surface area contributed by atoms with Gasteiger partial charge < -0.3 is 29.7 Å². The standard InChI is InChI=1S/C19H22F3N3O5/c1-3-8-23-13(4-2)28-9-18-10-29-17(30-18)14(15(26)16(18)27)25-12-7-5-6-11(24-12)19(20,21)22/h3-8,14-17,26-27H,1,9-10H2,2H3,(H,24,25)/b13-4+,23-8-/t14-,15-,16-,17+,18+/m1/s1. The molecule has 3 N–H and O–H groups in total. The molecule has 30 heavy (non-hydrogen) atoms. The summed E-state index contributed by atoms with van der Waals surface area (Å²) in [5.41, 5.74) is -2.45. The molecule has 0 unspecified atom stereocenters. The Balaban J connectivity index is 1.72. The Labute approximate surface area is 170 Å². The molecule has 164 valence electrons. The summed E-state index contributed by atoms with van der Waals surface area (Å²) in [5, 5.41) is 23.9. The fourth-order valence-electron chi connectivity index (χ4n) is 3.20. The lowest BCUT2D eigenvalue weighted by Crippen LogP contribution is -2.64. The molecule has 2 bridgehead atoms. The molecule has 2 saturated heterocycles. The normalized spacial score (nSPS) is 31.7. The summed E-state index contributed by atoms with van der Waals surface area (Å²) in [5.74, 6) is 0.116. The number of halogens is 3. The van der Waals surface area contributed by atoms with Crippen LogP contribution in [0.5, 0.6) is 0 Å². The molecule has 0 saturated carbocycles. The van der Waals surface area contributed by atoms with E-state index < -0.39 is 42.0 Å². The van der Waals surface area contributed by atoms with Crippen LogP contribution in [0.25, 0.3) is 0 Å². The van der Waals surface area contributed by atoms with Gasteiger partial charge in [-0.2, -0.15) is 13.2 Å². The second-order valence-corrected chi connectivity index (χ2v) is 6.80. The van der Waals surface area contributed by atoms with E-state index in [1.807, 2.05) is 0 Å². The summed E-state index contributed by atoms with van der Waals surface area (Å²) in [6.07, 6.45) is -4.02. The highest BCUT2D eigenvalue weighted by molar-refractivity contribution is 5.70. The van der Waals surface area contributed by atoms with Crippen LogP contribution >= 0.6 is 0 Å². The lowest BCUT2D eigenvalue weighted by atomic mass is 9.88. The number of aromatic nitrogens is 1. The van der Waals surface area contributed by atoms with E-state index in [2.05, 4.69) is 21.9 Å². The van der Waals surface area contributed by atoms with Gasteiger partial charge in [-0.1, -0.05) is 18.7 Å².